The Hall–Kier alpha value is -0.350. The summed E-state index contributed by atoms with van der Waals surface area (Å²) in [5.74, 6) is 0.162. The maximum atomic E-state index is 11.6. The molecular formula is C10H18O3S. The maximum Gasteiger partial charge on any atom is 0.160 e. The summed E-state index contributed by atoms with van der Waals surface area (Å²) in [7, 11) is -2.96. The monoisotopic (exact) mass is 218 g/mol. The van der Waals surface area contributed by atoms with Gasteiger partial charge in [-0.25, -0.2) is 8.42 Å². The lowest BCUT2D eigenvalue weighted by Crippen LogP contribution is -2.25. The zero-order valence-electron chi connectivity index (χ0n) is 8.95. The van der Waals surface area contributed by atoms with Gasteiger partial charge in [-0.05, 0) is 33.6 Å². The molecule has 0 spiro atoms. The third-order valence-corrected chi connectivity index (χ3v) is 4.70. The quantitative estimate of drug-likeness (QED) is 0.726. The van der Waals surface area contributed by atoms with E-state index in [2.05, 4.69) is 0 Å². The molecule has 0 aliphatic carbocycles. The Morgan fingerprint density at radius 3 is 2.50 bits per heavy atom. The largest absolute Gasteiger partial charge is 0.390 e. The van der Waals surface area contributed by atoms with E-state index in [1.54, 1.807) is 19.9 Å². The SMILES string of the molecule is CC1=CCS(=O)(=O)C1CCC(C)(C)O. The predicted octanol–water partition coefficient (Wildman–Crippen LogP) is 1.28. The normalized spacial score (nSPS) is 26.3. The summed E-state index contributed by atoms with van der Waals surface area (Å²) in [5.41, 5.74) is 0.146. The van der Waals surface area contributed by atoms with Crippen LogP contribution in [-0.4, -0.2) is 30.1 Å². The summed E-state index contributed by atoms with van der Waals surface area (Å²) < 4.78 is 23.1. The Morgan fingerprint density at radius 2 is 2.14 bits per heavy atom. The average molecular weight is 218 g/mol. The number of hydrogen-bond donors (Lipinski definition) is 1. The first-order chi connectivity index (χ1) is 6.22. The first-order valence-corrected chi connectivity index (χ1v) is 6.54. The molecule has 3 nitrogen and oxygen atoms in total. The van der Waals surface area contributed by atoms with Crippen molar-refractivity contribution < 1.29 is 13.5 Å². The molecule has 82 valence electrons. The van der Waals surface area contributed by atoms with Crippen LogP contribution in [0.2, 0.25) is 0 Å². The van der Waals surface area contributed by atoms with Gasteiger partial charge in [0.1, 0.15) is 0 Å². The van der Waals surface area contributed by atoms with Crippen LogP contribution >= 0.6 is 0 Å². The van der Waals surface area contributed by atoms with E-state index in [1.165, 1.54) is 0 Å². The number of rotatable bonds is 3. The highest BCUT2D eigenvalue weighted by atomic mass is 32.2. The van der Waals surface area contributed by atoms with Gasteiger partial charge in [-0.2, -0.15) is 0 Å². The molecule has 0 fully saturated rings. The third-order valence-electron chi connectivity index (χ3n) is 2.60. The van der Waals surface area contributed by atoms with Crippen molar-refractivity contribution in [2.75, 3.05) is 5.75 Å². The molecule has 0 aromatic heterocycles. The van der Waals surface area contributed by atoms with Crippen LogP contribution in [0.15, 0.2) is 11.6 Å². The third kappa shape index (κ3) is 2.82. The van der Waals surface area contributed by atoms with Gasteiger partial charge in [0.2, 0.25) is 0 Å². The molecule has 1 aliphatic heterocycles. The van der Waals surface area contributed by atoms with Gasteiger partial charge in [-0.3, -0.25) is 0 Å². The van der Waals surface area contributed by atoms with E-state index in [9.17, 15) is 13.5 Å². The summed E-state index contributed by atoms with van der Waals surface area (Å²) in [5, 5.41) is 9.15. The van der Waals surface area contributed by atoms with E-state index in [0.29, 0.717) is 12.8 Å². The van der Waals surface area contributed by atoms with Gasteiger partial charge in [0, 0.05) is 0 Å². The van der Waals surface area contributed by atoms with Crippen molar-refractivity contribution in [1.29, 1.82) is 0 Å². The van der Waals surface area contributed by atoms with Crippen LogP contribution in [0.25, 0.3) is 0 Å². The zero-order valence-corrected chi connectivity index (χ0v) is 9.76. The first kappa shape index (κ1) is 11.7. The van der Waals surface area contributed by atoms with E-state index in [1.807, 2.05) is 6.92 Å². The van der Waals surface area contributed by atoms with Crippen LogP contribution in [0.4, 0.5) is 0 Å². The van der Waals surface area contributed by atoms with E-state index < -0.39 is 15.4 Å². The van der Waals surface area contributed by atoms with Gasteiger partial charge in [0.15, 0.2) is 9.84 Å². The fourth-order valence-corrected chi connectivity index (χ4v) is 3.54. The summed E-state index contributed by atoms with van der Waals surface area (Å²) >= 11 is 0. The van der Waals surface area contributed by atoms with Crippen LogP contribution in [0.5, 0.6) is 0 Å². The van der Waals surface area contributed by atoms with Gasteiger partial charge in [-0.1, -0.05) is 11.6 Å². The van der Waals surface area contributed by atoms with Crippen molar-refractivity contribution in [3.05, 3.63) is 11.6 Å². The fourth-order valence-electron chi connectivity index (χ4n) is 1.67. The Kier molecular flexibility index (Phi) is 3.07. The molecule has 4 heteroatoms. The topological polar surface area (TPSA) is 54.4 Å². The van der Waals surface area contributed by atoms with Gasteiger partial charge in [0.25, 0.3) is 0 Å². The first-order valence-electron chi connectivity index (χ1n) is 4.83. The van der Waals surface area contributed by atoms with E-state index in [0.717, 1.165) is 5.57 Å². The van der Waals surface area contributed by atoms with Crippen molar-refractivity contribution in [3.8, 4) is 0 Å². The molecule has 1 rings (SSSR count). The smallest absolute Gasteiger partial charge is 0.160 e. The van der Waals surface area contributed by atoms with Crippen molar-refractivity contribution in [3.63, 3.8) is 0 Å². The van der Waals surface area contributed by atoms with E-state index >= 15 is 0 Å². The van der Waals surface area contributed by atoms with Gasteiger partial charge >= 0.3 is 0 Å². The highest BCUT2D eigenvalue weighted by molar-refractivity contribution is 7.92. The minimum Gasteiger partial charge on any atom is -0.390 e. The van der Waals surface area contributed by atoms with Crippen molar-refractivity contribution in [2.45, 2.75) is 44.5 Å². The lowest BCUT2D eigenvalue weighted by atomic mass is 9.99. The zero-order chi connectivity index (χ0) is 11.0. The van der Waals surface area contributed by atoms with Crippen molar-refractivity contribution >= 4 is 9.84 Å². The van der Waals surface area contributed by atoms with Crippen molar-refractivity contribution in [1.82, 2.24) is 0 Å². The molecular weight excluding hydrogens is 200 g/mol. The molecule has 0 aromatic carbocycles. The summed E-state index contributed by atoms with van der Waals surface area (Å²) in [4.78, 5) is 0. The second kappa shape index (κ2) is 3.66. The fraction of sp³-hybridized carbons (Fsp3) is 0.800. The van der Waals surface area contributed by atoms with Crippen LogP contribution < -0.4 is 0 Å². The average Bonchev–Trinajstić information content (AvgIpc) is 2.22. The lowest BCUT2D eigenvalue weighted by Gasteiger charge is -2.20. The minimum atomic E-state index is -2.96. The molecule has 0 bridgehead atoms. The minimum absolute atomic E-state index is 0.162. The van der Waals surface area contributed by atoms with Crippen LogP contribution in [0.3, 0.4) is 0 Å². The molecule has 0 radical (unpaired) electrons. The maximum absolute atomic E-state index is 11.6. The molecule has 14 heavy (non-hydrogen) atoms. The molecule has 1 heterocycles. The van der Waals surface area contributed by atoms with Crippen LogP contribution in [-0.2, 0) is 9.84 Å². The molecule has 1 aliphatic rings. The van der Waals surface area contributed by atoms with E-state index in [-0.39, 0.29) is 11.0 Å². The standard InChI is InChI=1S/C10H18O3S/c1-8-5-7-14(12,13)9(8)4-6-10(2,3)11/h5,9,11H,4,6-7H2,1-3H3. The Balaban J connectivity index is 2.65. The Bertz CT molecular complexity index is 333. The molecule has 0 saturated heterocycles. The molecule has 0 saturated carbocycles. The highest BCUT2D eigenvalue weighted by Gasteiger charge is 2.32. The summed E-state index contributed by atoms with van der Waals surface area (Å²) in [6.07, 6.45) is 2.81. The highest BCUT2D eigenvalue weighted by Crippen LogP contribution is 2.27. The summed E-state index contributed by atoms with van der Waals surface area (Å²) in [6, 6.07) is 0. The Morgan fingerprint density at radius 1 is 1.57 bits per heavy atom. The molecule has 1 unspecified atom stereocenters. The van der Waals surface area contributed by atoms with Crippen LogP contribution in [0.1, 0.15) is 33.6 Å². The molecule has 0 amide bonds. The van der Waals surface area contributed by atoms with E-state index in [4.69, 9.17) is 0 Å². The van der Waals surface area contributed by atoms with Gasteiger partial charge in [0.05, 0.1) is 16.6 Å². The van der Waals surface area contributed by atoms with Crippen molar-refractivity contribution in [2.24, 2.45) is 0 Å². The summed E-state index contributed by atoms with van der Waals surface area (Å²) in [6.45, 7) is 5.25. The van der Waals surface area contributed by atoms with Gasteiger partial charge < -0.3 is 5.11 Å². The number of hydrogen-bond acceptors (Lipinski definition) is 3. The van der Waals surface area contributed by atoms with Crippen LogP contribution in [0, 0.1) is 0 Å². The molecule has 1 N–H and O–H groups in total. The van der Waals surface area contributed by atoms with Gasteiger partial charge in [-0.15, -0.1) is 0 Å². The second-order valence-electron chi connectivity index (χ2n) is 4.62. The number of aliphatic hydroxyl groups is 1. The molecule has 0 aromatic rings. The number of sulfone groups is 1. The predicted molar refractivity (Wildman–Crippen MR) is 56.9 cm³/mol. The Labute approximate surface area is 85.7 Å². The second-order valence-corrected chi connectivity index (χ2v) is 6.85. The molecule has 1 atom stereocenters. The lowest BCUT2D eigenvalue weighted by molar-refractivity contribution is 0.0692.